The highest BCUT2D eigenvalue weighted by Crippen LogP contribution is 2.24. The molecule has 3 heteroatoms. The fraction of sp³-hybridized carbons (Fsp3) is 0.235. The third kappa shape index (κ3) is 3.06. The first kappa shape index (κ1) is 14.3. The minimum Gasteiger partial charge on any atom is -0.508 e. The molecule has 2 rings (SSSR count). The summed E-state index contributed by atoms with van der Waals surface area (Å²) in [5, 5.41) is 19.7. The average molecular weight is 270 g/mol. The molecule has 20 heavy (non-hydrogen) atoms. The molecule has 0 spiro atoms. The van der Waals surface area contributed by atoms with Crippen molar-refractivity contribution in [2.24, 2.45) is 0 Å². The van der Waals surface area contributed by atoms with Gasteiger partial charge in [0.05, 0.1) is 0 Å². The predicted octanol–water partition coefficient (Wildman–Crippen LogP) is 3.26. The molecule has 0 aliphatic carbocycles. The summed E-state index contributed by atoms with van der Waals surface area (Å²) >= 11 is 0. The Morgan fingerprint density at radius 2 is 1.85 bits per heavy atom. The minimum atomic E-state index is -1.17. The van der Waals surface area contributed by atoms with Crippen molar-refractivity contribution in [3.63, 3.8) is 0 Å². The zero-order chi connectivity index (χ0) is 14.5. The second kappa shape index (κ2) is 6.35. The normalized spacial score (nSPS) is 12.1. The second-order valence-electron chi connectivity index (χ2n) is 4.77. The van der Waals surface area contributed by atoms with Crippen LogP contribution in [0.5, 0.6) is 5.75 Å². The lowest BCUT2D eigenvalue weighted by atomic mass is 9.94. The largest absolute Gasteiger partial charge is 0.508 e. The molecule has 0 aliphatic rings. The van der Waals surface area contributed by atoms with Crippen LogP contribution in [0, 0.1) is 0 Å². The van der Waals surface area contributed by atoms with Crippen LogP contribution in [-0.2, 0) is 6.42 Å². The molecule has 1 atom stereocenters. The van der Waals surface area contributed by atoms with Crippen LogP contribution in [0.2, 0.25) is 0 Å². The van der Waals surface area contributed by atoms with Crippen LogP contribution in [0.3, 0.4) is 0 Å². The molecule has 0 bridgehead atoms. The average Bonchev–Trinajstić information content (AvgIpc) is 2.47. The molecule has 0 aromatic heterocycles. The van der Waals surface area contributed by atoms with Gasteiger partial charge in [-0.25, -0.2) is 0 Å². The molecule has 0 aliphatic heterocycles. The maximum atomic E-state index is 12.4. The smallest absolute Gasteiger partial charge is 0.196 e. The van der Waals surface area contributed by atoms with Gasteiger partial charge in [-0.05, 0) is 35.7 Å². The van der Waals surface area contributed by atoms with Gasteiger partial charge in [-0.15, -0.1) is 0 Å². The summed E-state index contributed by atoms with van der Waals surface area (Å²) in [6, 6.07) is 13.5. The van der Waals surface area contributed by atoms with Crippen molar-refractivity contribution in [2.75, 3.05) is 0 Å². The van der Waals surface area contributed by atoms with Crippen molar-refractivity contribution in [3.05, 3.63) is 65.2 Å². The highest BCUT2D eigenvalue weighted by atomic mass is 16.3. The Hall–Kier alpha value is -2.13. The Morgan fingerprint density at radius 3 is 2.50 bits per heavy atom. The zero-order valence-electron chi connectivity index (χ0n) is 11.4. The first-order valence-electron chi connectivity index (χ1n) is 6.72. The van der Waals surface area contributed by atoms with Gasteiger partial charge in [0.1, 0.15) is 11.9 Å². The summed E-state index contributed by atoms with van der Waals surface area (Å²) in [4.78, 5) is 12.4. The van der Waals surface area contributed by atoms with Gasteiger partial charge < -0.3 is 10.2 Å². The standard InChI is InChI=1S/C17H18O3/c1-2-6-13-11-14(18)9-10-15(13)17(20)16(19)12-7-4-3-5-8-12/h3-5,7-11,16,18-19H,2,6H2,1H3. The molecule has 104 valence electrons. The molecule has 2 aromatic rings. The van der Waals surface area contributed by atoms with E-state index in [4.69, 9.17) is 0 Å². The van der Waals surface area contributed by atoms with Gasteiger partial charge in [-0.2, -0.15) is 0 Å². The zero-order valence-corrected chi connectivity index (χ0v) is 11.4. The number of aromatic hydroxyl groups is 1. The van der Waals surface area contributed by atoms with Crippen molar-refractivity contribution in [1.82, 2.24) is 0 Å². The Balaban J connectivity index is 2.33. The summed E-state index contributed by atoms with van der Waals surface area (Å²) < 4.78 is 0. The van der Waals surface area contributed by atoms with Crippen LogP contribution in [-0.4, -0.2) is 16.0 Å². The highest BCUT2D eigenvalue weighted by Gasteiger charge is 2.21. The Bertz CT molecular complexity index is 590. The molecule has 2 N–H and O–H groups in total. The first-order chi connectivity index (χ1) is 9.63. The summed E-state index contributed by atoms with van der Waals surface area (Å²) in [6.07, 6.45) is 0.388. The molecular formula is C17H18O3. The fourth-order valence-corrected chi connectivity index (χ4v) is 2.23. The van der Waals surface area contributed by atoms with Gasteiger partial charge in [0.2, 0.25) is 0 Å². The maximum Gasteiger partial charge on any atom is 0.196 e. The summed E-state index contributed by atoms with van der Waals surface area (Å²) in [6.45, 7) is 2.01. The Morgan fingerprint density at radius 1 is 1.15 bits per heavy atom. The SMILES string of the molecule is CCCc1cc(O)ccc1C(=O)C(O)c1ccccc1. The Labute approximate surface area is 118 Å². The number of aliphatic hydroxyl groups excluding tert-OH is 1. The molecule has 0 fully saturated rings. The van der Waals surface area contributed by atoms with E-state index in [-0.39, 0.29) is 11.5 Å². The van der Waals surface area contributed by atoms with E-state index < -0.39 is 6.10 Å². The van der Waals surface area contributed by atoms with Crippen molar-refractivity contribution in [2.45, 2.75) is 25.9 Å². The third-order valence-corrected chi connectivity index (χ3v) is 3.24. The topological polar surface area (TPSA) is 57.5 Å². The quantitative estimate of drug-likeness (QED) is 0.820. The Kier molecular flexibility index (Phi) is 4.53. The van der Waals surface area contributed by atoms with Crippen LogP contribution in [0.15, 0.2) is 48.5 Å². The highest BCUT2D eigenvalue weighted by molar-refractivity contribution is 6.01. The van der Waals surface area contributed by atoms with Crippen LogP contribution in [0.1, 0.15) is 40.9 Å². The number of hydrogen-bond acceptors (Lipinski definition) is 3. The van der Waals surface area contributed by atoms with E-state index in [0.717, 1.165) is 12.0 Å². The second-order valence-corrected chi connectivity index (χ2v) is 4.77. The minimum absolute atomic E-state index is 0.138. The van der Waals surface area contributed by atoms with Crippen LogP contribution < -0.4 is 0 Å². The number of phenols is 1. The van der Waals surface area contributed by atoms with Crippen molar-refractivity contribution < 1.29 is 15.0 Å². The van der Waals surface area contributed by atoms with Crippen LogP contribution >= 0.6 is 0 Å². The van der Waals surface area contributed by atoms with Gasteiger partial charge in [-0.1, -0.05) is 43.7 Å². The number of hydrogen-bond donors (Lipinski definition) is 2. The fourth-order valence-electron chi connectivity index (χ4n) is 2.23. The molecular weight excluding hydrogens is 252 g/mol. The first-order valence-corrected chi connectivity index (χ1v) is 6.72. The number of phenolic OH excluding ortho intramolecular Hbond substituents is 1. The monoisotopic (exact) mass is 270 g/mol. The molecule has 0 radical (unpaired) electrons. The third-order valence-electron chi connectivity index (χ3n) is 3.24. The molecule has 1 unspecified atom stereocenters. The van der Waals surface area contributed by atoms with Crippen molar-refractivity contribution in [3.8, 4) is 5.75 Å². The summed E-state index contributed by atoms with van der Waals surface area (Å²) in [5.74, 6) is -0.196. The number of rotatable bonds is 5. The van der Waals surface area contributed by atoms with Crippen LogP contribution in [0.4, 0.5) is 0 Å². The predicted molar refractivity (Wildman–Crippen MR) is 77.8 cm³/mol. The van der Waals surface area contributed by atoms with E-state index >= 15 is 0 Å². The van der Waals surface area contributed by atoms with Crippen molar-refractivity contribution >= 4 is 5.78 Å². The number of carbonyl (C=O) groups excluding carboxylic acids is 1. The molecule has 0 amide bonds. The number of ketones is 1. The number of aryl methyl sites for hydroxylation is 1. The molecule has 0 heterocycles. The number of benzene rings is 2. The molecule has 0 saturated heterocycles. The van der Waals surface area contributed by atoms with E-state index in [1.165, 1.54) is 6.07 Å². The molecule has 2 aromatic carbocycles. The lowest BCUT2D eigenvalue weighted by molar-refractivity contribution is 0.0746. The number of Topliss-reactive ketones (excluding diaryl/α,β-unsaturated/α-hetero) is 1. The molecule has 3 nitrogen and oxygen atoms in total. The van der Waals surface area contributed by atoms with Gasteiger partial charge in [-0.3, -0.25) is 4.79 Å². The van der Waals surface area contributed by atoms with E-state index in [1.807, 2.05) is 13.0 Å². The van der Waals surface area contributed by atoms with E-state index in [1.54, 1.807) is 36.4 Å². The lowest BCUT2D eigenvalue weighted by Crippen LogP contribution is -2.14. The van der Waals surface area contributed by atoms with Gasteiger partial charge in [0, 0.05) is 5.56 Å². The van der Waals surface area contributed by atoms with Gasteiger partial charge >= 0.3 is 0 Å². The maximum absolute atomic E-state index is 12.4. The van der Waals surface area contributed by atoms with Crippen LogP contribution in [0.25, 0.3) is 0 Å². The van der Waals surface area contributed by atoms with Crippen molar-refractivity contribution in [1.29, 1.82) is 0 Å². The molecule has 0 saturated carbocycles. The number of aliphatic hydroxyl groups is 1. The van der Waals surface area contributed by atoms with Gasteiger partial charge in [0.25, 0.3) is 0 Å². The lowest BCUT2D eigenvalue weighted by Gasteiger charge is -2.13. The number of carbonyl (C=O) groups is 1. The summed E-state index contributed by atoms with van der Waals surface area (Å²) in [5.41, 5.74) is 1.82. The van der Waals surface area contributed by atoms with E-state index in [0.29, 0.717) is 17.5 Å². The van der Waals surface area contributed by atoms with E-state index in [2.05, 4.69) is 0 Å². The van der Waals surface area contributed by atoms with Gasteiger partial charge in [0.15, 0.2) is 5.78 Å². The van der Waals surface area contributed by atoms with E-state index in [9.17, 15) is 15.0 Å². The summed E-state index contributed by atoms with van der Waals surface area (Å²) in [7, 11) is 0.